The molecule has 0 amide bonds. The van der Waals surface area contributed by atoms with E-state index in [0.29, 0.717) is 24.4 Å². The summed E-state index contributed by atoms with van der Waals surface area (Å²) in [6, 6.07) is 0. The Hall–Kier alpha value is -0.910. The second-order valence-electron chi connectivity index (χ2n) is 11.3. The first kappa shape index (κ1) is 22.3. The van der Waals surface area contributed by atoms with Crippen molar-refractivity contribution in [3.63, 3.8) is 0 Å². The van der Waals surface area contributed by atoms with Gasteiger partial charge >= 0.3 is 0 Å². The Bertz CT molecular complexity index is 692. The zero-order valence-corrected chi connectivity index (χ0v) is 19.4. The first-order valence-corrected chi connectivity index (χ1v) is 12.1. The number of aliphatic hydroxyl groups is 2. The van der Waals surface area contributed by atoms with Crippen molar-refractivity contribution in [2.75, 3.05) is 27.2 Å². The van der Waals surface area contributed by atoms with Crippen LogP contribution in [0.25, 0.3) is 0 Å². The molecule has 170 valence electrons. The first-order valence-electron chi connectivity index (χ1n) is 12.1. The quantitative estimate of drug-likeness (QED) is 0.402. The lowest BCUT2D eigenvalue weighted by Crippen LogP contribution is -2.61. The second kappa shape index (κ2) is 8.22. The van der Waals surface area contributed by atoms with E-state index in [-0.39, 0.29) is 16.9 Å². The number of aliphatic hydroxyl groups excluding tert-OH is 1. The minimum Gasteiger partial charge on any atom is -0.394 e. The normalized spacial score (nSPS) is 47.4. The summed E-state index contributed by atoms with van der Waals surface area (Å²) in [4.78, 5) is 7.44. The largest absolute Gasteiger partial charge is 0.394 e. The molecule has 2 N–H and O–H groups in total. The average Bonchev–Trinajstić information content (AvgIpc) is 2.96. The van der Waals surface area contributed by atoms with Crippen LogP contribution in [-0.4, -0.2) is 60.3 Å². The smallest absolute Gasteiger partial charge is 0.129 e. The molecule has 0 aromatic heterocycles. The predicted octanol–water partition coefficient (Wildman–Crippen LogP) is 4.00. The van der Waals surface area contributed by atoms with Crippen molar-refractivity contribution in [2.45, 2.75) is 83.3 Å². The average molecular weight is 419 g/mol. The predicted molar refractivity (Wildman–Crippen MR) is 120 cm³/mol. The highest BCUT2D eigenvalue weighted by atomic mass is 16.6. The van der Waals surface area contributed by atoms with Gasteiger partial charge in [0.2, 0.25) is 0 Å². The van der Waals surface area contributed by atoms with Crippen molar-refractivity contribution in [1.82, 2.24) is 4.90 Å². The zero-order chi connectivity index (χ0) is 21.6. The summed E-state index contributed by atoms with van der Waals surface area (Å²) in [5, 5.41) is 26.5. The molecule has 0 bridgehead atoms. The van der Waals surface area contributed by atoms with E-state index in [1.165, 1.54) is 12.0 Å². The molecule has 0 spiro atoms. The summed E-state index contributed by atoms with van der Waals surface area (Å²) in [6.07, 6.45) is 13.1. The number of hydrogen-bond acceptors (Lipinski definition) is 5. The van der Waals surface area contributed by atoms with Crippen molar-refractivity contribution in [3.05, 3.63) is 11.6 Å². The second-order valence-corrected chi connectivity index (χ2v) is 11.3. The maximum absolute atomic E-state index is 12.1. The van der Waals surface area contributed by atoms with E-state index in [0.717, 1.165) is 57.9 Å². The van der Waals surface area contributed by atoms with Gasteiger partial charge in [0.1, 0.15) is 6.61 Å². The van der Waals surface area contributed by atoms with E-state index >= 15 is 0 Å². The fourth-order valence-corrected chi connectivity index (χ4v) is 7.75. The summed E-state index contributed by atoms with van der Waals surface area (Å²) < 4.78 is 0. The summed E-state index contributed by atoms with van der Waals surface area (Å²) in [5.74, 6) is 1.59. The highest BCUT2D eigenvalue weighted by molar-refractivity contribution is 5.72. The van der Waals surface area contributed by atoms with E-state index in [9.17, 15) is 10.2 Å². The molecule has 4 aliphatic carbocycles. The van der Waals surface area contributed by atoms with Gasteiger partial charge in [0, 0.05) is 12.0 Å². The van der Waals surface area contributed by atoms with Crippen LogP contribution >= 0.6 is 0 Å². The van der Waals surface area contributed by atoms with Crippen molar-refractivity contribution >= 4 is 6.21 Å². The van der Waals surface area contributed by atoms with Crippen LogP contribution in [0.1, 0.15) is 71.6 Å². The highest BCUT2D eigenvalue weighted by Gasteiger charge is 2.65. The number of likely N-dealkylation sites (N-methyl/N-ethyl adjacent to an activating group) is 1. The molecular weight excluding hydrogens is 376 g/mol. The monoisotopic (exact) mass is 418 g/mol. The Morgan fingerprint density at radius 1 is 1.10 bits per heavy atom. The van der Waals surface area contributed by atoms with Crippen molar-refractivity contribution in [3.8, 4) is 0 Å². The molecule has 0 aliphatic heterocycles. The van der Waals surface area contributed by atoms with Gasteiger partial charge in [-0.1, -0.05) is 24.6 Å². The fraction of sp³-hybridized carbons (Fsp3) is 0.880. The van der Waals surface area contributed by atoms with Crippen LogP contribution in [0.3, 0.4) is 0 Å². The Labute approximate surface area is 182 Å². The summed E-state index contributed by atoms with van der Waals surface area (Å²) >= 11 is 0. The maximum atomic E-state index is 12.1. The third-order valence-corrected chi connectivity index (χ3v) is 9.71. The molecule has 5 nitrogen and oxygen atoms in total. The van der Waals surface area contributed by atoms with Gasteiger partial charge in [0.05, 0.1) is 17.9 Å². The minimum absolute atomic E-state index is 0.114. The van der Waals surface area contributed by atoms with Gasteiger partial charge in [-0.2, -0.15) is 0 Å². The number of oxime groups is 1. The number of rotatable bonds is 5. The molecule has 7 atom stereocenters. The fourth-order valence-electron chi connectivity index (χ4n) is 7.75. The van der Waals surface area contributed by atoms with Gasteiger partial charge in [-0.25, -0.2) is 0 Å². The molecule has 0 heterocycles. The molecule has 5 heteroatoms. The Morgan fingerprint density at radius 3 is 2.67 bits per heavy atom. The van der Waals surface area contributed by atoms with Crippen LogP contribution in [0.2, 0.25) is 0 Å². The summed E-state index contributed by atoms with van der Waals surface area (Å²) in [7, 11) is 4.05. The standard InChI is InChI=1S/C25H42N2O3/c1-23-11-8-20(28)17-19(23)5-6-22-21(23)9-12-24(2)18(7-13-25(22,24)29)10-14-26-30-16-15-27(3)4/h10,14,19-22,28-29H,5-9,11-13,15-17H2,1-4H3/b18-10+,26-14-/t19-,20+,21+,22-,23+,24-,25+/m1/s1. The van der Waals surface area contributed by atoms with E-state index in [4.69, 9.17) is 4.84 Å². The number of nitrogens with zero attached hydrogens (tertiary/aromatic N) is 2. The van der Waals surface area contributed by atoms with E-state index in [2.05, 4.69) is 30.0 Å². The van der Waals surface area contributed by atoms with Gasteiger partial charge in [-0.3, -0.25) is 0 Å². The molecule has 30 heavy (non-hydrogen) atoms. The van der Waals surface area contributed by atoms with Crippen LogP contribution in [0.4, 0.5) is 0 Å². The third kappa shape index (κ3) is 3.55. The molecular formula is C25H42N2O3. The Kier molecular flexibility index (Phi) is 6.10. The molecule has 0 radical (unpaired) electrons. The third-order valence-electron chi connectivity index (χ3n) is 9.71. The molecule has 4 rings (SSSR count). The van der Waals surface area contributed by atoms with Crippen molar-refractivity contribution < 1.29 is 15.1 Å². The van der Waals surface area contributed by atoms with Crippen LogP contribution in [0.5, 0.6) is 0 Å². The zero-order valence-electron chi connectivity index (χ0n) is 19.4. The minimum atomic E-state index is -0.606. The van der Waals surface area contributed by atoms with Crippen molar-refractivity contribution in [2.24, 2.45) is 33.7 Å². The molecule has 0 unspecified atom stereocenters. The lowest BCUT2D eigenvalue weighted by Gasteiger charge is -2.63. The van der Waals surface area contributed by atoms with E-state index < -0.39 is 5.60 Å². The Morgan fingerprint density at radius 2 is 1.90 bits per heavy atom. The van der Waals surface area contributed by atoms with Crippen LogP contribution < -0.4 is 0 Å². The topological polar surface area (TPSA) is 65.3 Å². The summed E-state index contributed by atoms with van der Waals surface area (Å²) in [5.41, 5.74) is 0.870. The number of hydrogen-bond donors (Lipinski definition) is 2. The van der Waals surface area contributed by atoms with Gasteiger partial charge < -0.3 is 20.0 Å². The number of fused-ring (bicyclic) bond motifs is 5. The van der Waals surface area contributed by atoms with Crippen molar-refractivity contribution in [1.29, 1.82) is 0 Å². The summed E-state index contributed by atoms with van der Waals surface area (Å²) in [6.45, 7) is 6.20. The van der Waals surface area contributed by atoms with Crippen LogP contribution in [0.15, 0.2) is 16.8 Å². The van der Waals surface area contributed by atoms with Crippen LogP contribution in [-0.2, 0) is 4.84 Å². The molecule has 4 fully saturated rings. The molecule has 0 aromatic carbocycles. The molecule has 0 saturated heterocycles. The SMILES string of the molecule is CN(C)CCO/N=C\C=C1/CC[C@]2(O)[C@@H]3CC[C@@H]4C[C@@H](O)CC[C@]4(C)[C@H]3CC[C@]12C. The molecule has 0 aromatic rings. The van der Waals surface area contributed by atoms with Gasteiger partial charge in [0.15, 0.2) is 0 Å². The molecule has 4 aliphatic rings. The molecule has 4 saturated carbocycles. The van der Waals surface area contributed by atoms with Gasteiger partial charge in [0.25, 0.3) is 0 Å². The first-order chi connectivity index (χ1) is 14.2. The van der Waals surface area contributed by atoms with E-state index in [1.807, 2.05) is 14.1 Å². The number of allylic oxidation sites excluding steroid dienone is 1. The van der Waals surface area contributed by atoms with Gasteiger partial charge in [-0.15, -0.1) is 0 Å². The highest BCUT2D eigenvalue weighted by Crippen LogP contribution is 2.68. The van der Waals surface area contributed by atoms with Gasteiger partial charge in [-0.05, 0) is 101 Å². The van der Waals surface area contributed by atoms with Crippen LogP contribution in [0, 0.1) is 28.6 Å². The lowest BCUT2D eigenvalue weighted by molar-refractivity contribution is -0.195. The maximum Gasteiger partial charge on any atom is 0.129 e. The van der Waals surface area contributed by atoms with E-state index in [1.54, 1.807) is 6.21 Å². The Balaban J connectivity index is 1.49. The lowest BCUT2D eigenvalue weighted by atomic mass is 9.43.